The van der Waals surface area contributed by atoms with Gasteiger partial charge in [0.05, 0.1) is 6.54 Å². The standard InChI is InChI=1S/C16H19BrN2OS/c1-10(2)19-9-12(17)7-14(19)16(20)18-8-13-6-11-4-3-5-15(11)21-13/h6-7,9-10H,3-5,8H2,1-2H3,(H,18,20). The Morgan fingerprint density at radius 1 is 1.43 bits per heavy atom. The molecule has 1 N–H and O–H groups in total. The number of amides is 1. The van der Waals surface area contributed by atoms with Crippen molar-refractivity contribution in [2.24, 2.45) is 0 Å². The Bertz CT molecular complexity index is 650. The molecule has 1 aliphatic carbocycles. The summed E-state index contributed by atoms with van der Waals surface area (Å²) in [6, 6.07) is 4.40. The molecule has 0 aromatic carbocycles. The van der Waals surface area contributed by atoms with Gasteiger partial charge in [-0.25, -0.2) is 0 Å². The van der Waals surface area contributed by atoms with E-state index in [0.29, 0.717) is 12.2 Å². The molecule has 0 radical (unpaired) electrons. The number of aromatic nitrogens is 1. The van der Waals surface area contributed by atoms with Crippen molar-refractivity contribution in [1.29, 1.82) is 0 Å². The topological polar surface area (TPSA) is 34.0 Å². The quantitative estimate of drug-likeness (QED) is 0.859. The molecule has 2 aromatic heterocycles. The Labute approximate surface area is 137 Å². The molecule has 112 valence electrons. The van der Waals surface area contributed by atoms with Gasteiger partial charge < -0.3 is 9.88 Å². The first-order chi connectivity index (χ1) is 10.0. The number of hydrogen-bond acceptors (Lipinski definition) is 2. The van der Waals surface area contributed by atoms with Gasteiger partial charge in [-0.1, -0.05) is 0 Å². The molecule has 1 aliphatic rings. The van der Waals surface area contributed by atoms with Crippen LogP contribution in [0.3, 0.4) is 0 Å². The molecule has 1 amide bonds. The van der Waals surface area contributed by atoms with E-state index in [-0.39, 0.29) is 11.9 Å². The summed E-state index contributed by atoms with van der Waals surface area (Å²) < 4.78 is 2.94. The van der Waals surface area contributed by atoms with Crippen molar-refractivity contribution in [3.8, 4) is 0 Å². The van der Waals surface area contributed by atoms with Crippen LogP contribution in [-0.2, 0) is 19.4 Å². The van der Waals surface area contributed by atoms with Gasteiger partial charge in [-0.3, -0.25) is 4.79 Å². The summed E-state index contributed by atoms with van der Waals surface area (Å²) in [4.78, 5) is 15.1. The van der Waals surface area contributed by atoms with Crippen molar-refractivity contribution in [2.45, 2.75) is 45.7 Å². The lowest BCUT2D eigenvalue weighted by Gasteiger charge is -2.12. The van der Waals surface area contributed by atoms with Crippen molar-refractivity contribution < 1.29 is 4.79 Å². The molecule has 0 aliphatic heterocycles. The van der Waals surface area contributed by atoms with Crippen LogP contribution in [0, 0.1) is 0 Å². The van der Waals surface area contributed by atoms with Crippen molar-refractivity contribution in [1.82, 2.24) is 9.88 Å². The van der Waals surface area contributed by atoms with Crippen LogP contribution in [0.4, 0.5) is 0 Å². The summed E-state index contributed by atoms with van der Waals surface area (Å²) in [6.45, 7) is 4.78. The van der Waals surface area contributed by atoms with Crippen LogP contribution in [0.2, 0.25) is 0 Å². The van der Waals surface area contributed by atoms with E-state index >= 15 is 0 Å². The Morgan fingerprint density at radius 2 is 2.24 bits per heavy atom. The monoisotopic (exact) mass is 366 g/mol. The van der Waals surface area contributed by atoms with Gasteiger partial charge in [-0.2, -0.15) is 0 Å². The third-order valence-corrected chi connectivity index (χ3v) is 5.50. The van der Waals surface area contributed by atoms with Crippen molar-refractivity contribution in [3.05, 3.63) is 43.8 Å². The van der Waals surface area contributed by atoms with E-state index in [9.17, 15) is 4.79 Å². The van der Waals surface area contributed by atoms with Gasteiger partial charge in [0.25, 0.3) is 5.91 Å². The molecule has 2 aromatic rings. The van der Waals surface area contributed by atoms with Crippen LogP contribution in [0.25, 0.3) is 0 Å². The zero-order chi connectivity index (χ0) is 15.0. The van der Waals surface area contributed by atoms with E-state index in [1.165, 1.54) is 34.6 Å². The second-order valence-corrected chi connectivity index (χ2v) is 7.88. The maximum Gasteiger partial charge on any atom is 0.268 e. The zero-order valence-corrected chi connectivity index (χ0v) is 14.7. The van der Waals surface area contributed by atoms with Gasteiger partial charge in [0.1, 0.15) is 5.69 Å². The Balaban J connectivity index is 1.68. The molecule has 21 heavy (non-hydrogen) atoms. The second-order valence-electron chi connectivity index (χ2n) is 5.74. The highest BCUT2D eigenvalue weighted by molar-refractivity contribution is 9.10. The maximum absolute atomic E-state index is 12.4. The molecule has 0 bridgehead atoms. The van der Waals surface area contributed by atoms with E-state index in [2.05, 4.69) is 41.2 Å². The van der Waals surface area contributed by atoms with E-state index in [1.807, 2.05) is 28.2 Å². The molecule has 5 heteroatoms. The number of fused-ring (bicyclic) bond motifs is 1. The van der Waals surface area contributed by atoms with Gasteiger partial charge in [-0.05, 0) is 66.7 Å². The number of carbonyl (C=O) groups excluding carboxylic acids is 1. The van der Waals surface area contributed by atoms with Gasteiger partial charge in [0.2, 0.25) is 0 Å². The molecule has 3 rings (SSSR count). The average Bonchev–Trinajstić information content (AvgIpc) is 3.08. The number of rotatable bonds is 4. The van der Waals surface area contributed by atoms with Gasteiger partial charge in [0.15, 0.2) is 0 Å². The first kappa shape index (κ1) is 14.9. The third kappa shape index (κ3) is 3.09. The van der Waals surface area contributed by atoms with Gasteiger partial charge >= 0.3 is 0 Å². The van der Waals surface area contributed by atoms with E-state index in [0.717, 1.165) is 4.47 Å². The molecule has 0 atom stereocenters. The number of aryl methyl sites for hydroxylation is 2. The molecule has 2 heterocycles. The molecule has 0 unspecified atom stereocenters. The van der Waals surface area contributed by atoms with E-state index in [1.54, 1.807) is 0 Å². The molecule has 0 saturated heterocycles. The molecular weight excluding hydrogens is 348 g/mol. The smallest absolute Gasteiger partial charge is 0.268 e. The lowest BCUT2D eigenvalue weighted by Crippen LogP contribution is -2.25. The fraction of sp³-hybridized carbons (Fsp3) is 0.438. The van der Waals surface area contributed by atoms with E-state index in [4.69, 9.17) is 0 Å². The number of thiophene rings is 1. The van der Waals surface area contributed by atoms with Crippen molar-refractivity contribution in [3.63, 3.8) is 0 Å². The molecule has 0 fully saturated rings. The van der Waals surface area contributed by atoms with Crippen LogP contribution < -0.4 is 5.32 Å². The largest absolute Gasteiger partial charge is 0.346 e. The minimum Gasteiger partial charge on any atom is -0.346 e. The maximum atomic E-state index is 12.4. The summed E-state index contributed by atoms with van der Waals surface area (Å²) in [5.41, 5.74) is 2.19. The van der Waals surface area contributed by atoms with Crippen LogP contribution in [0.15, 0.2) is 22.8 Å². The van der Waals surface area contributed by atoms with Gasteiger partial charge in [-0.15, -0.1) is 11.3 Å². The minimum absolute atomic E-state index is 0.0111. The lowest BCUT2D eigenvalue weighted by atomic mass is 10.2. The van der Waals surface area contributed by atoms with E-state index < -0.39 is 0 Å². The predicted octanol–water partition coefficient (Wildman–Crippen LogP) is 4.31. The SMILES string of the molecule is CC(C)n1cc(Br)cc1C(=O)NCc1cc2c(s1)CCC2. The van der Waals surface area contributed by atoms with Crippen molar-refractivity contribution in [2.75, 3.05) is 0 Å². The number of halogens is 1. The van der Waals surface area contributed by atoms with Crippen LogP contribution in [0.1, 0.15) is 52.1 Å². The third-order valence-electron chi connectivity index (χ3n) is 3.82. The lowest BCUT2D eigenvalue weighted by molar-refractivity contribution is 0.0940. The summed E-state index contributed by atoms with van der Waals surface area (Å²) in [7, 11) is 0. The highest BCUT2D eigenvalue weighted by atomic mass is 79.9. The summed E-state index contributed by atoms with van der Waals surface area (Å²) in [5, 5.41) is 3.04. The minimum atomic E-state index is -0.0111. The first-order valence-corrected chi connectivity index (χ1v) is 8.91. The zero-order valence-electron chi connectivity index (χ0n) is 12.3. The number of carbonyl (C=O) groups is 1. The second kappa shape index (κ2) is 5.97. The summed E-state index contributed by atoms with van der Waals surface area (Å²) in [5.74, 6) is -0.0111. The average molecular weight is 367 g/mol. The Hall–Kier alpha value is -1.07. The Morgan fingerprint density at radius 3 is 2.95 bits per heavy atom. The normalized spacial score (nSPS) is 13.7. The van der Waals surface area contributed by atoms with Crippen LogP contribution in [-0.4, -0.2) is 10.5 Å². The highest BCUT2D eigenvalue weighted by Gasteiger charge is 2.17. The highest BCUT2D eigenvalue weighted by Crippen LogP contribution is 2.30. The molecular formula is C16H19BrN2OS. The summed E-state index contributed by atoms with van der Waals surface area (Å²) in [6.07, 6.45) is 5.64. The summed E-state index contributed by atoms with van der Waals surface area (Å²) >= 11 is 5.29. The fourth-order valence-corrected chi connectivity index (χ4v) is 4.43. The number of nitrogens with one attached hydrogen (secondary N) is 1. The predicted molar refractivity (Wildman–Crippen MR) is 90.0 cm³/mol. The molecule has 0 saturated carbocycles. The fourth-order valence-electron chi connectivity index (χ4n) is 2.79. The van der Waals surface area contributed by atoms with Gasteiger partial charge in [0, 0.05) is 26.5 Å². The first-order valence-electron chi connectivity index (χ1n) is 7.30. The van der Waals surface area contributed by atoms with Crippen LogP contribution >= 0.6 is 27.3 Å². The van der Waals surface area contributed by atoms with Crippen LogP contribution in [0.5, 0.6) is 0 Å². The molecule has 0 spiro atoms. The number of hydrogen-bond donors (Lipinski definition) is 1. The molecule has 3 nitrogen and oxygen atoms in total. The number of nitrogens with zero attached hydrogens (tertiary/aromatic N) is 1. The Kier molecular flexibility index (Phi) is 4.22. The van der Waals surface area contributed by atoms with Crippen molar-refractivity contribution >= 4 is 33.2 Å².